The quantitative estimate of drug-likeness (QED) is 0.0222. The highest BCUT2D eigenvalue weighted by atomic mass is 31.2. The molecule has 0 radical (unpaired) electrons. The molecule has 90 heavy (non-hydrogen) atoms. The largest absolute Gasteiger partial charge is 0.472 e. The minimum atomic E-state index is -4.95. The molecule has 0 aliphatic rings. The summed E-state index contributed by atoms with van der Waals surface area (Å²) in [5.74, 6) is -1.33. The maximum atomic E-state index is 13.0. The van der Waals surface area contributed by atoms with Crippen molar-refractivity contribution in [1.29, 1.82) is 0 Å². The standard InChI is InChI=1S/C71H138O17P2/c1-6-9-12-15-16-17-18-19-20-21-22-26-29-32-35-38-41-46-50-55-69(74)82-61-67(88-71(76)57-52-47-42-39-36-33-30-27-24-23-25-28-31-34-37-40-45-48-53-64(4)5)63-86-90(79,80)84-59-65(72)58-83-89(77,78)85-62-66(87-70(75)56-51-44-14-11-8-3)60-81-68(73)54-49-43-13-10-7-2/h64-67,72H,6-63H2,1-5H3,(H,77,78)(H,79,80)/t65-,66+,67+/m0/s1. The van der Waals surface area contributed by atoms with Gasteiger partial charge in [-0.25, -0.2) is 9.13 Å². The van der Waals surface area contributed by atoms with Gasteiger partial charge in [-0.2, -0.15) is 0 Å². The van der Waals surface area contributed by atoms with Crippen molar-refractivity contribution < 1.29 is 80.2 Å². The Kier molecular flexibility index (Phi) is 63.0. The van der Waals surface area contributed by atoms with E-state index in [1.807, 2.05) is 0 Å². The van der Waals surface area contributed by atoms with Gasteiger partial charge in [-0.1, -0.05) is 317 Å². The number of hydrogen-bond acceptors (Lipinski definition) is 15. The van der Waals surface area contributed by atoms with Gasteiger partial charge in [0, 0.05) is 25.7 Å². The van der Waals surface area contributed by atoms with Crippen LogP contribution in [0.3, 0.4) is 0 Å². The smallest absolute Gasteiger partial charge is 0.462 e. The van der Waals surface area contributed by atoms with Gasteiger partial charge < -0.3 is 33.8 Å². The van der Waals surface area contributed by atoms with Crippen molar-refractivity contribution >= 4 is 39.5 Å². The van der Waals surface area contributed by atoms with Gasteiger partial charge in [0.25, 0.3) is 0 Å². The number of phosphoric acid groups is 2. The number of hydrogen-bond donors (Lipinski definition) is 3. The maximum Gasteiger partial charge on any atom is 0.472 e. The van der Waals surface area contributed by atoms with Crippen LogP contribution in [0.5, 0.6) is 0 Å². The lowest BCUT2D eigenvalue weighted by Gasteiger charge is -2.21. The van der Waals surface area contributed by atoms with Crippen molar-refractivity contribution in [2.75, 3.05) is 39.6 Å². The van der Waals surface area contributed by atoms with E-state index in [9.17, 15) is 43.2 Å². The number of unbranched alkanes of at least 4 members (excludes halogenated alkanes) is 43. The molecule has 0 spiro atoms. The van der Waals surface area contributed by atoms with Gasteiger partial charge in [-0.15, -0.1) is 0 Å². The average molecular weight is 1330 g/mol. The number of esters is 4. The molecule has 0 aromatic rings. The van der Waals surface area contributed by atoms with Gasteiger partial charge in [0.05, 0.1) is 26.4 Å². The highest BCUT2D eigenvalue weighted by Gasteiger charge is 2.30. The molecule has 0 aliphatic heterocycles. The molecule has 19 heteroatoms. The van der Waals surface area contributed by atoms with E-state index in [0.717, 1.165) is 102 Å². The lowest BCUT2D eigenvalue weighted by atomic mass is 10.0. The van der Waals surface area contributed by atoms with Crippen LogP contribution in [0.25, 0.3) is 0 Å². The fourth-order valence-electron chi connectivity index (χ4n) is 10.8. The van der Waals surface area contributed by atoms with E-state index in [1.165, 1.54) is 186 Å². The van der Waals surface area contributed by atoms with Gasteiger partial charge in [-0.3, -0.25) is 37.3 Å². The number of rotatable bonds is 71. The van der Waals surface area contributed by atoms with Crippen molar-refractivity contribution in [3.8, 4) is 0 Å². The number of carbonyl (C=O) groups excluding carboxylic acids is 4. The van der Waals surface area contributed by atoms with Gasteiger partial charge >= 0.3 is 39.5 Å². The maximum absolute atomic E-state index is 13.0. The lowest BCUT2D eigenvalue weighted by molar-refractivity contribution is -0.161. The van der Waals surface area contributed by atoms with Crippen LogP contribution >= 0.6 is 15.6 Å². The van der Waals surface area contributed by atoms with Crippen LogP contribution < -0.4 is 0 Å². The first kappa shape index (κ1) is 88.1. The molecular weight excluding hydrogens is 1190 g/mol. The third-order valence-corrected chi connectivity index (χ3v) is 18.4. The first-order valence-corrected chi connectivity index (χ1v) is 40.1. The van der Waals surface area contributed by atoms with Crippen molar-refractivity contribution in [1.82, 2.24) is 0 Å². The zero-order valence-electron chi connectivity index (χ0n) is 58.3. The second-order valence-corrected chi connectivity index (χ2v) is 29.0. The van der Waals surface area contributed by atoms with Crippen molar-refractivity contribution in [2.45, 2.75) is 387 Å². The fraction of sp³-hybridized carbons (Fsp3) is 0.944. The van der Waals surface area contributed by atoms with Gasteiger partial charge in [0.1, 0.15) is 19.3 Å². The molecule has 0 aliphatic carbocycles. The Balaban J connectivity index is 5.03. The third-order valence-electron chi connectivity index (χ3n) is 16.5. The van der Waals surface area contributed by atoms with E-state index in [1.54, 1.807) is 0 Å². The minimum absolute atomic E-state index is 0.0991. The van der Waals surface area contributed by atoms with Crippen LogP contribution in [-0.2, 0) is 65.4 Å². The SMILES string of the molecule is CCCCCCCCCCCCCCCCCCCCCC(=O)OC[C@H](COP(=O)(O)OC[C@@H](O)COP(=O)(O)OC[C@@H](COC(=O)CCCCCCC)OC(=O)CCCCCCC)OC(=O)CCCCCCCCCCCCCCCCCCCCC(C)C. The summed E-state index contributed by atoms with van der Waals surface area (Å²) in [6.45, 7) is 7.10. The Bertz CT molecular complexity index is 1740. The molecular formula is C71H138O17P2. The van der Waals surface area contributed by atoms with Crippen LogP contribution in [0.2, 0.25) is 0 Å². The number of phosphoric ester groups is 2. The van der Waals surface area contributed by atoms with E-state index < -0.39 is 97.5 Å². The van der Waals surface area contributed by atoms with Gasteiger partial charge in [0.2, 0.25) is 0 Å². The Morgan fingerprint density at radius 3 is 0.756 bits per heavy atom. The highest BCUT2D eigenvalue weighted by molar-refractivity contribution is 7.47. The average Bonchev–Trinajstić information content (AvgIpc) is 3.41. The number of carbonyl (C=O) groups is 4. The summed E-state index contributed by atoms with van der Waals surface area (Å²) in [5, 5.41) is 10.5. The Morgan fingerprint density at radius 2 is 0.511 bits per heavy atom. The Labute approximate surface area is 549 Å². The molecule has 0 aromatic heterocycles. The van der Waals surface area contributed by atoms with E-state index >= 15 is 0 Å². The van der Waals surface area contributed by atoms with E-state index in [-0.39, 0.29) is 25.7 Å². The highest BCUT2D eigenvalue weighted by Crippen LogP contribution is 2.45. The summed E-state index contributed by atoms with van der Waals surface area (Å²) in [5.41, 5.74) is 0. The summed E-state index contributed by atoms with van der Waals surface area (Å²) in [4.78, 5) is 71.9. The molecule has 0 aromatic carbocycles. The Morgan fingerprint density at radius 1 is 0.300 bits per heavy atom. The summed E-state index contributed by atoms with van der Waals surface area (Å²) in [7, 11) is -9.88. The third kappa shape index (κ3) is 64.8. The molecule has 0 saturated carbocycles. The zero-order chi connectivity index (χ0) is 66.3. The first-order valence-electron chi connectivity index (χ1n) is 37.1. The Hall–Kier alpha value is -1.94. The van der Waals surface area contributed by atoms with Crippen LogP contribution in [0.1, 0.15) is 369 Å². The molecule has 17 nitrogen and oxygen atoms in total. The van der Waals surface area contributed by atoms with E-state index in [2.05, 4.69) is 34.6 Å². The molecule has 0 bridgehead atoms. The molecule has 2 unspecified atom stereocenters. The van der Waals surface area contributed by atoms with Crippen molar-refractivity contribution in [3.05, 3.63) is 0 Å². The van der Waals surface area contributed by atoms with Crippen molar-refractivity contribution in [3.63, 3.8) is 0 Å². The summed E-state index contributed by atoms with van der Waals surface area (Å²) >= 11 is 0. The molecule has 0 rings (SSSR count). The fourth-order valence-corrected chi connectivity index (χ4v) is 12.4. The van der Waals surface area contributed by atoms with Crippen LogP contribution in [-0.4, -0.2) is 96.7 Å². The van der Waals surface area contributed by atoms with E-state index in [0.29, 0.717) is 25.7 Å². The zero-order valence-corrected chi connectivity index (χ0v) is 60.1. The molecule has 0 saturated heterocycles. The lowest BCUT2D eigenvalue weighted by Crippen LogP contribution is -2.30. The molecule has 534 valence electrons. The second kappa shape index (κ2) is 64.4. The first-order chi connectivity index (χ1) is 43.5. The predicted molar refractivity (Wildman–Crippen MR) is 363 cm³/mol. The molecule has 0 heterocycles. The van der Waals surface area contributed by atoms with Gasteiger partial charge in [0.15, 0.2) is 12.2 Å². The molecule has 5 atom stereocenters. The van der Waals surface area contributed by atoms with Crippen LogP contribution in [0, 0.1) is 5.92 Å². The molecule has 0 fully saturated rings. The second-order valence-electron chi connectivity index (χ2n) is 26.1. The van der Waals surface area contributed by atoms with Crippen LogP contribution in [0.4, 0.5) is 0 Å². The van der Waals surface area contributed by atoms with E-state index in [4.69, 9.17) is 37.0 Å². The normalized spacial score (nSPS) is 14.1. The topological polar surface area (TPSA) is 237 Å². The summed E-state index contributed by atoms with van der Waals surface area (Å²) in [6.07, 6.45) is 52.5. The monoisotopic (exact) mass is 1320 g/mol. The molecule has 3 N–H and O–H groups in total. The number of aliphatic hydroxyl groups excluding tert-OH is 1. The number of ether oxygens (including phenoxy) is 4. The summed E-state index contributed by atoms with van der Waals surface area (Å²) in [6, 6.07) is 0. The summed E-state index contributed by atoms with van der Waals surface area (Å²) < 4.78 is 67.8. The number of aliphatic hydroxyl groups is 1. The minimum Gasteiger partial charge on any atom is -0.462 e. The van der Waals surface area contributed by atoms with Crippen molar-refractivity contribution in [2.24, 2.45) is 5.92 Å². The predicted octanol–water partition coefficient (Wildman–Crippen LogP) is 20.5. The molecule has 0 amide bonds. The van der Waals surface area contributed by atoms with Crippen LogP contribution in [0.15, 0.2) is 0 Å². The van der Waals surface area contributed by atoms with Gasteiger partial charge in [-0.05, 0) is 31.6 Å².